The van der Waals surface area contributed by atoms with Crippen LogP contribution in [-0.2, 0) is 0 Å². The molecule has 0 atom stereocenters. The van der Waals surface area contributed by atoms with Crippen molar-refractivity contribution in [3.8, 4) is 0 Å². The zero-order valence-electron chi connectivity index (χ0n) is 16.0. The monoisotopic (exact) mass is 425 g/mol. The molecule has 2 heterocycles. The average Bonchev–Trinajstić information content (AvgIpc) is 3.27. The van der Waals surface area contributed by atoms with Gasteiger partial charge in [-0.3, -0.25) is 4.79 Å². The van der Waals surface area contributed by atoms with Crippen LogP contribution in [0, 0.1) is 5.82 Å². The Morgan fingerprint density at radius 3 is 2.30 bits per heavy atom. The lowest BCUT2D eigenvalue weighted by molar-refractivity contribution is 0.102. The molecule has 154 valence electrons. The number of carbonyl (C=O) groups excluding carboxylic acids is 2. The van der Waals surface area contributed by atoms with E-state index in [0.29, 0.717) is 18.8 Å². The van der Waals surface area contributed by atoms with Gasteiger partial charge in [0.15, 0.2) is 0 Å². The van der Waals surface area contributed by atoms with Gasteiger partial charge >= 0.3 is 6.03 Å². The van der Waals surface area contributed by atoms with Crippen LogP contribution in [0.5, 0.6) is 0 Å². The van der Waals surface area contributed by atoms with Gasteiger partial charge in [0.1, 0.15) is 10.8 Å². The van der Waals surface area contributed by atoms with Crippen LogP contribution in [0.4, 0.5) is 20.6 Å². The quantitative estimate of drug-likeness (QED) is 0.651. The first-order chi connectivity index (χ1) is 14.6. The molecule has 2 N–H and O–H groups in total. The third-order valence-corrected chi connectivity index (χ3v) is 5.98. The fourth-order valence-corrected chi connectivity index (χ4v) is 4.17. The molecule has 0 aliphatic carbocycles. The second-order valence-electron chi connectivity index (χ2n) is 6.96. The summed E-state index contributed by atoms with van der Waals surface area (Å²) in [5.74, 6) is -0.573. The van der Waals surface area contributed by atoms with Gasteiger partial charge in [0.25, 0.3) is 5.91 Å². The van der Waals surface area contributed by atoms with Crippen molar-refractivity contribution in [2.45, 2.75) is 18.8 Å². The van der Waals surface area contributed by atoms with Gasteiger partial charge in [0.05, 0.1) is 0 Å². The average molecular weight is 425 g/mol. The molecule has 1 aliphatic heterocycles. The Hall–Kier alpha value is -3.33. The molecule has 0 bridgehead atoms. The third-order valence-electron chi connectivity index (χ3n) is 4.89. The number of para-hydroxylation sites is 1. The number of aromatic nitrogens is 2. The maximum atomic E-state index is 13.0. The second kappa shape index (κ2) is 9.00. The van der Waals surface area contributed by atoms with E-state index in [1.54, 1.807) is 4.90 Å². The summed E-state index contributed by atoms with van der Waals surface area (Å²) in [5.41, 5.74) is 1.27. The molecule has 0 radical (unpaired) electrons. The Labute approximate surface area is 176 Å². The minimum atomic E-state index is -0.370. The lowest BCUT2D eigenvalue weighted by atomic mass is 9.98. The van der Waals surface area contributed by atoms with Gasteiger partial charge in [0, 0.05) is 30.4 Å². The van der Waals surface area contributed by atoms with E-state index in [4.69, 9.17) is 0 Å². The van der Waals surface area contributed by atoms with Crippen LogP contribution in [-0.4, -0.2) is 40.1 Å². The highest BCUT2D eigenvalue weighted by atomic mass is 32.1. The number of nitrogens with one attached hydrogen (secondary N) is 2. The maximum absolute atomic E-state index is 13.0. The molecular formula is C21H20FN5O2S. The molecule has 1 aliphatic rings. The summed E-state index contributed by atoms with van der Waals surface area (Å²) in [6, 6.07) is 14.8. The number of nitrogens with zero attached hydrogens (tertiary/aromatic N) is 3. The lowest BCUT2D eigenvalue weighted by Crippen LogP contribution is -2.40. The summed E-state index contributed by atoms with van der Waals surface area (Å²) in [7, 11) is 0. The molecule has 1 fully saturated rings. The Balaban J connectivity index is 1.31. The van der Waals surface area contributed by atoms with E-state index in [1.165, 1.54) is 35.6 Å². The van der Waals surface area contributed by atoms with Crippen LogP contribution < -0.4 is 10.6 Å². The summed E-state index contributed by atoms with van der Waals surface area (Å²) in [6.45, 7) is 1.22. The highest BCUT2D eigenvalue weighted by molar-refractivity contribution is 7.13. The number of urea groups is 1. The van der Waals surface area contributed by atoms with Gasteiger partial charge in [-0.1, -0.05) is 29.5 Å². The normalized spacial score (nSPS) is 14.4. The molecule has 4 rings (SSSR count). The van der Waals surface area contributed by atoms with Crippen molar-refractivity contribution in [2.24, 2.45) is 0 Å². The molecule has 2 aromatic carbocycles. The number of rotatable bonds is 4. The number of piperidine rings is 1. The van der Waals surface area contributed by atoms with Crippen molar-refractivity contribution in [1.29, 1.82) is 0 Å². The van der Waals surface area contributed by atoms with Gasteiger partial charge in [-0.25, -0.2) is 9.18 Å². The largest absolute Gasteiger partial charge is 0.324 e. The molecule has 3 aromatic rings. The molecule has 7 nitrogen and oxygen atoms in total. The summed E-state index contributed by atoms with van der Waals surface area (Å²) >= 11 is 1.25. The van der Waals surface area contributed by atoms with Crippen LogP contribution >= 0.6 is 11.3 Å². The van der Waals surface area contributed by atoms with Crippen LogP contribution in [0.3, 0.4) is 0 Å². The molecule has 0 spiro atoms. The highest BCUT2D eigenvalue weighted by Gasteiger charge is 2.27. The number of hydrogen-bond donors (Lipinski definition) is 2. The zero-order chi connectivity index (χ0) is 20.9. The summed E-state index contributed by atoms with van der Waals surface area (Å²) in [4.78, 5) is 26.5. The summed E-state index contributed by atoms with van der Waals surface area (Å²) < 4.78 is 13.0. The number of likely N-dealkylation sites (tertiary alicyclic amines) is 1. The van der Waals surface area contributed by atoms with Crippen molar-refractivity contribution < 1.29 is 14.0 Å². The van der Waals surface area contributed by atoms with Gasteiger partial charge in [0.2, 0.25) is 5.01 Å². The molecule has 1 saturated heterocycles. The molecule has 30 heavy (non-hydrogen) atoms. The molecule has 1 aromatic heterocycles. The van der Waals surface area contributed by atoms with Gasteiger partial charge in [-0.2, -0.15) is 0 Å². The highest BCUT2D eigenvalue weighted by Crippen LogP contribution is 2.30. The minimum absolute atomic E-state index is 0.115. The fraction of sp³-hybridized carbons (Fsp3) is 0.238. The van der Waals surface area contributed by atoms with E-state index in [2.05, 4.69) is 20.8 Å². The van der Waals surface area contributed by atoms with Gasteiger partial charge in [-0.15, -0.1) is 10.2 Å². The standard InChI is InChI=1S/C21H20FN5O2S/c22-15-6-8-17(9-7-15)23-18(28)20-26-25-19(30-20)14-10-12-27(13-11-14)21(29)24-16-4-2-1-3-5-16/h1-9,14H,10-13H2,(H,23,28)(H,24,29). The van der Waals surface area contributed by atoms with Crippen molar-refractivity contribution in [3.63, 3.8) is 0 Å². The van der Waals surface area contributed by atoms with E-state index in [9.17, 15) is 14.0 Å². The molecule has 3 amide bonds. The van der Waals surface area contributed by atoms with E-state index >= 15 is 0 Å². The van der Waals surface area contributed by atoms with E-state index in [-0.39, 0.29) is 28.7 Å². The Bertz CT molecular complexity index is 1020. The zero-order valence-corrected chi connectivity index (χ0v) is 16.9. The number of hydrogen-bond acceptors (Lipinski definition) is 5. The number of halogens is 1. The minimum Gasteiger partial charge on any atom is -0.324 e. The van der Waals surface area contributed by atoms with E-state index in [0.717, 1.165) is 23.5 Å². The van der Waals surface area contributed by atoms with E-state index in [1.807, 2.05) is 30.3 Å². The Kier molecular flexibility index (Phi) is 5.99. The maximum Gasteiger partial charge on any atom is 0.321 e. The second-order valence-corrected chi connectivity index (χ2v) is 7.97. The van der Waals surface area contributed by atoms with Crippen LogP contribution in [0.15, 0.2) is 54.6 Å². The van der Waals surface area contributed by atoms with Crippen molar-refractivity contribution in [3.05, 3.63) is 70.4 Å². The predicted molar refractivity (Wildman–Crippen MR) is 113 cm³/mol. The summed E-state index contributed by atoms with van der Waals surface area (Å²) in [5, 5.41) is 14.8. The predicted octanol–water partition coefficient (Wildman–Crippen LogP) is 4.34. The third kappa shape index (κ3) is 4.80. The van der Waals surface area contributed by atoms with Crippen LogP contribution in [0.2, 0.25) is 0 Å². The number of carbonyl (C=O) groups is 2. The van der Waals surface area contributed by atoms with E-state index < -0.39 is 0 Å². The first-order valence-electron chi connectivity index (χ1n) is 9.60. The number of anilines is 2. The van der Waals surface area contributed by atoms with Crippen molar-refractivity contribution in [2.75, 3.05) is 23.7 Å². The van der Waals surface area contributed by atoms with Crippen LogP contribution in [0.25, 0.3) is 0 Å². The SMILES string of the molecule is O=C(Nc1ccc(F)cc1)c1nnc(C2CCN(C(=O)Nc3ccccc3)CC2)s1. The van der Waals surface area contributed by atoms with Crippen LogP contribution in [0.1, 0.15) is 33.6 Å². The molecule has 9 heteroatoms. The Morgan fingerprint density at radius 2 is 1.60 bits per heavy atom. The first-order valence-corrected chi connectivity index (χ1v) is 10.4. The topological polar surface area (TPSA) is 87.2 Å². The van der Waals surface area contributed by atoms with Gasteiger partial charge in [-0.05, 0) is 49.2 Å². The molecule has 0 saturated carbocycles. The molecule has 0 unspecified atom stereocenters. The molecular weight excluding hydrogens is 405 g/mol. The fourth-order valence-electron chi connectivity index (χ4n) is 3.26. The smallest absolute Gasteiger partial charge is 0.321 e. The van der Waals surface area contributed by atoms with Gasteiger partial charge < -0.3 is 15.5 Å². The Morgan fingerprint density at radius 1 is 0.933 bits per heavy atom. The van der Waals surface area contributed by atoms with Crippen molar-refractivity contribution in [1.82, 2.24) is 15.1 Å². The van der Waals surface area contributed by atoms with Crippen molar-refractivity contribution >= 4 is 34.6 Å². The number of amides is 3. The number of benzene rings is 2. The first kappa shape index (κ1) is 20.0. The summed E-state index contributed by atoms with van der Waals surface area (Å²) in [6.07, 6.45) is 1.52. The lowest BCUT2D eigenvalue weighted by Gasteiger charge is -2.30.